The lowest BCUT2D eigenvalue weighted by atomic mass is 9.45. The third-order valence-electron chi connectivity index (χ3n) is 9.81. The van der Waals surface area contributed by atoms with Crippen LogP contribution in [0.1, 0.15) is 82.0 Å². The number of fused-ring (bicyclic) bond motifs is 5. The van der Waals surface area contributed by atoms with E-state index in [1.165, 1.54) is 38.5 Å². The number of aliphatic hydroxyl groups excluding tert-OH is 1. The van der Waals surface area contributed by atoms with Gasteiger partial charge in [0.2, 0.25) is 0 Å². The molecule has 0 spiro atoms. The number of carbonyl (C=O) groups excluding carboxylic acids is 1. The van der Waals surface area contributed by atoms with Crippen LogP contribution in [0.4, 0.5) is 0 Å². The minimum Gasteiger partial charge on any atom is -0.458 e. The van der Waals surface area contributed by atoms with Gasteiger partial charge < -0.3 is 9.84 Å². The van der Waals surface area contributed by atoms with Crippen LogP contribution in [0.5, 0.6) is 0 Å². The Balaban J connectivity index is 1.34. The van der Waals surface area contributed by atoms with Gasteiger partial charge >= 0.3 is 5.97 Å². The predicted octanol–water partition coefficient (Wildman–Crippen LogP) is 5.62. The van der Waals surface area contributed by atoms with Gasteiger partial charge in [0.15, 0.2) is 0 Å². The van der Waals surface area contributed by atoms with Gasteiger partial charge in [0.25, 0.3) is 0 Å². The van der Waals surface area contributed by atoms with Crippen molar-refractivity contribution in [2.24, 2.45) is 34.5 Å². The Morgan fingerprint density at radius 3 is 2.45 bits per heavy atom. The third-order valence-corrected chi connectivity index (χ3v) is 9.81. The summed E-state index contributed by atoms with van der Waals surface area (Å²) in [6, 6.07) is 9.45. The summed E-state index contributed by atoms with van der Waals surface area (Å²) in [4.78, 5) is 12.7. The van der Waals surface area contributed by atoms with Crippen molar-refractivity contribution in [1.29, 1.82) is 0 Å². The molecule has 0 heterocycles. The summed E-state index contributed by atoms with van der Waals surface area (Å²) in [6.45, 7) is 4.94. The maximum absolute atomic E-state index is 12.7. The van der Waals surface area contributed by atoms with Gasteiger partial charge in [-0.3, -0.25) is 0 Å². The first-order valence-corrected chi connectivity index (χ1v) is 11.9. The van der Waals surface area contributed by atoms with E-state index in [1.807, 2.05) is 30.3 Å². The molecule has 0 amide bonds. The van der Waals surface area contributed by atoms with E-state index < -0.39 is 0 Å². The molecular formula is C26H36O3. The summed E-state index contributed by atoms with van der Waals surface area (Å²) >= 11 is 0. The fourth-order valence-corrected chi connectivity index (χ4v) is 8.15. The molecule has 5 rings (SSSR count). The summed E-state index contributed by atoms with van der Waals surface area (Å²) in [5.74, 6) is 2.78. The van der Waals surface area contributed by atoms with Gasteiger partial charge in [0.05, 0.1) is 11.7 Å². The number of hydrogen-bond donors (Lipinski definition) is 1. The fourth-order valence-electron chi connectivity index (χ4n) is 8.15. The third kappa shape index (κ3) is 3.07. The molecule has 0 bridgehead atoms. The highest BCUT2D eigenvalue weighted by Gasteiger charge is 2.61. The molecule has 29 heavy (non-hydrogen) atoms. The molecule has 4 aliphatic carbocycles. The molecule has 1 N–H and O–H groups in total. The van der Waals surface area contributed by atoms with Gasteiger partial charge in [-0.15, -0.1) is 0 Å². The van der Waals surface area contributed by atoms with Crippen molar-refractivity contribution < 1.29 is 14.6 Å². The highest BCUT2D eigenvalue weighted by Crippen LogP contribution is 2.66. The largest absolute Gasteiger partial charge is 0.458 e. The molecule has 4 fully saturated rings. The second-order valence-electron chi connectivity index (χ2n) is 11.0. The van der Waals surface area contributed by atoms with E-state index in [0.717, 1.165) is 31.1 Å². The standard InChI is InChI=1S/C26H36O3/c1-25-14-12-19(27)16-18(25)8-9-20-21-10-11-23(26(21,2)15-13-22(20)25)29-24(28)17-6-4-3-5-7-17/h3-7,18-23,27H,8-16H2,1-2H3/t18-,19+,20+,21+,22-,23-,25+,26-/m0/s1. The Bertz CT molecular complexity index is 760. The van der Waals surface area contributed by atoms with E-state index in [0.29, 0.717) is 22.8 Å². The van der Waals surface area contributed by atoms with Crippen LogP contribution in [0, 0.1) is 34.5 Å². The highest BCUT2D eigenvalue weighted by molar-refractivity contribution is 5.89. The van der Waals surface area contributed by atoms with Crippen molar-refractivity contribution in [1.82, 2.24) is 0 Å². The van der Waals surface area contributed by atoms with Gasteiger partial charge in [-0.2, -0.15) is 0 Å². The van der Waals surface area contributed by atoms with Crippen LogP contribution >= 0.6 is 0 Å². The zero-order chi connectivity index (χ0) is 20.2. The van der Waals surface area contributed by atoms with Crippen molar-refractivity contribution in [3.8, 4) is 0 Å². The first kappa shape index (κ1) is 19.6. The van der Waals surface area contributed by atoms with Crippen molar-refractivity contribution in [3.63, 3.8) is 0 Å². The summed E-state index contributed by atoms with van der Waals surface area (Å²) < 4.78 is 6.12. The zero-order valence-corrected chi connectivity index (χ0v) is 18.0. The molecule has 0 radical (unpaired) electrons. The molecule has 0 saturated heterocycles. The average Bonchev–Trinajstić information content (AvgIpc) is 3.05. The average molecular weight is 397 g/mol. The number of esters is 1. The maximum Gasteiger partial charge on any atom is 0.338 e. The minimum atomic E-state index is -0.156. The smallest absolute Gasteiger partial charge is 0.338 e. The number of aliphatic hydroxyl groups is 1. The predicted molar refractivity (Wildman–Crippen MR) is 113 cm³/mol. The normalized spacial score (nSPS) is 46.3. The van der Waals surface area contributed by atoms with Gasteiger partial charge in [-0.25, -0.2) is 4.79 Å². The van der Waals surface area contributed by atoms with E-state index in [9.17, 15) is 9.90 Å². The molecule has 4 saturated carbocycles. The van der Waals surface area contributed by atoms with Crippen LogP contribution in [0.2, 0.25) is 0 Å². The van der Waals surface area contributed by atoms with Gasteiger partial charge in [0, 0.05) is 5.41 Å². The number of hydrogen-bond acceptors (Lipinski definition) is 3. The minimum absolute atomic E-state index is 0.0554. The van der Waals surface area contributed by atoms with Crippen molar-refractivity contribution in [2.45, 2.75) is 83.8 Å². The highest BCUT2D eigenvalue weighted by atomic mass is 16.5. The Morgan fingerprint density at radius 2 is 1.66 bits per heavy atom. The summed E-state index contributed by atoms with van der Waals surface area (Å²) in [7, 11) is 0. The molecular weight excluding hydrogens is 360 g/mol. The first-order chi connectivity index (χ1) is 13.9. The summed E-state index contributed by atoms with van der Waals surface area (Å²) in [5.41, 5.74) is 1.20. The molecule has 1 aromatic rings. The van der Waals surface area contributed by atoms with Crippen LogP contribution < -0.4 is 0 Å². The number of carbonyl (C=O) groups is 1. The van der Waals surface area contributed by atoms with Gasteiger partial charge in [-0.1, -0.05) is 32.0 Å². The van der Waals surface area contributed by atoms with Crippen molar-refractivity contribution in [2.75, 3.05) is 0 Å². The van der Waals surface area contributed by atoms with Crippen LogP contribution in [0.15, 0.2) is 30.3 Å². The summed E-state index contributed by atoms with van der Waals surface area (Å²) in [5, 5.41) is 10.2. The van der Waals surface area contributed by atoms with E-state index in [4.69, 9.17) is 4.74 Å². The maximum atomic E-state index is 12.7. The first-order valence-electron chi connectivity index (χ1n) is 11.9. The van der Waals surface area contributed by atoms with Crippen LogP contribution in [0.25, 0.3) is 0 Å². The molecule has 158 valence electrons. The Labute approximate surface area is 175 Å². The number of rotatable bonds is 2. The van der Waals surface area contributed by atoms with Crippen LogP contribution in [0.3, 0.4) is 0 Å². The second-order valence-corrected chi connectivity index (χ2v) is 11.0. The lowest BCUT2D eigenvalue weighted by molar-refractivity contribution is -0.134. The van der Waals surface area contributed by atoms with E-state index in [-0.39, 0.29) is 23.6 Å². The lowest BCUT2D eigenvalue weighted by Crippen LogP contribution is -2.54. The second kappa shape index (κ2) is 7.11. The number of benzene rings is 1. The molecule has 8 atom stereocenters. The fraction of sp³-hybridized carbons (Fsp3) is 0.731. The number of ether oxygens (including phenoxy) is 1. The Hall–Kier alpha value is -1.35. The van der Waals surface area contributed by atoms with Gasteiger partial charge in [-0.05, 0) is 99.0 Å². The molecule has 0 aliphatic heterocycles. The Kier molecular flexibility index (Phi) is 4.81. The molecule has 3 heteroatoms. The van der Waals surface area contributed by atoms with E-state index in [2.05, 4.69) is 13.8 Å². The quantitative estimate of drug-likeness (QED) is 0.660. The van der Waals surface area contributed by atoms with Crippen molar-refractivity contribution in [3.05, 3.63) is 35.9 Å². The topological polar surface area (TPSA) is 46.5 Å². The molecule has 0 aromatic heterocycles. The van der Waals surface area contributed by atoms with Gasteiger partial charge in [0.1, 0.15) is 6.10 Å². The van der Waals surface area contributed by atoms with Crippen LogP contribution in [-0.4, -0.2) is 23.3 Å². The molecule has 1 aromatic carbocycles. The summed E-state index contributed by atoms with van der Waals surface area (Å²) in [6.07, 6.45) is 10.4. The SMILES string of the molecule is C[C@]12CC[C@H]3[C@H](CC[C@H]4C[C@H](O)CC[C@]43C)[C@H]1CC[C@@H]2OC(=O)c1ccccc1. The molecule has 4 aliphatic rings. The lowest BCUT2D eigenvalue weighted by Gasteiger charge is -2.60. The monoisotopic (exact) mass is 396 g/mol. The van der Waals surface area contributed by atoms with E-state index >= 15 is 0 Å². The van der Waals surface area contributed by atoms with Crippen LogP contribution in [-0.2, 0) is 4.74 Å². The molecule has 3 nitrogen and oxygen atoms in total. The Morgan fingerprint density at radius 1 is 0.931 bits per heavy atom. The molecule has 0 unspecified atom stereocenters. The zero-order valence-electron chi connectivity index (χ0n) is 18.0. The van der Waals surface area contributed by atoms with Crippen molar-refractivity contribution >= 4 is 5.97 Å². The van der Waals surface area contributed by atoms with E-state index in [1.54, 1.807) is 0 Å².